The zero-order chi connectivity index (χ0) is 21.3. The average molecular weight is 503 g/mol. The Hall–Kier alpha value is -2.89. The van der Waals surface area contributed by atoms with Crippen molar-refractivity contribution in [2.75, 3.05) is 12.4 Å². The van der Waals surface area contributed by atoms with Gasteiger partial charge < -0.3 is 10.1 Å². The van der Waals surface area contributed by atoms with Crippen LogP contribution in [0.1, 0.15) is 16.2 Å². The number of hydrogen-bond donors (Lipinski definition) is 2. The van der Waals surface area contributed by atoms with E-state index in [1.807, 2.05) is 31.2 Å². The summed E-state index contributed by atoms with van der Waals surface area (Å²) in [6, 6.07) is 12.6. The maximum Gasteiger partial charge on any atom is 0.257 e. The van der Waals surface area contributed by atoms with Crippen molar-refractivity contribution < 1.29 is 9.53 Å². The van der Waals surface area contributed by atoms with E-state index in [0.29, 0.717) is 15.8 Å². The number of thiocarbonyl (C=S) groups is 1. The predicted molar refractivity (Wildman–Crippen MR) is 123 cm³/mol. The van der Waals surface area contributed by atoms with Crippen LogP contribution < -0.4 is 15.4 Å². The van der Waals surface area contributed by atoms with Crippen LogP contribution in [0, 0.1) is 6.92 Å². The number of ether oxygens (including phenoxy) is 1. The number of carbonyl (C=O) groups is 1. The molecule has 2 heterocycles. The largest absolute Gasteiger partial charge is 0.496 e. The highest BCUT2D eigenvalue weighted by Gasteiger charge is 2.12. The number of nitrogens with zero attached hydrogens (tertiary/aromatic N) is 4. The van der Waals surface area contributed by atoms with Crippen molar-refractivity contribution in [3.8, 4) is 16.3 Å². The van der Waals surface area contributed by atoms with Crippen molar-refractivity contribution in [3.05, 3.63) is 58.3 Å². The first-order valence-electron chi connectivity index (χ1n) is 8.70. The second-order valence-electron chi connectivity index (χ2n) is 6.18. The maximum absolute atomic E-state index is 12.4. The van der Waals surface area contributed by atoms with Gasteiger partial charge in [-0.15, -0.1) is 10.2 Å². The zero-order valence-electron chi connectivity index (χ0n) is 15.8. The Kier molecular flexibility index (Phi) is 5.75. The van der Waals surface area contributed by atoms with E-state index in [0.717, 1.165) is 27.0 Å². The fourth-order valence-electron chi connectivity index (χ4n) is 2.67. The summed E-state index contributed by atoms with van der Waals surface area (Å²) < 4.78 is 7.58. The summed E-state index contributed by atoms with van der Waals surface area (Å²) in [4.78, 5) is 13.2. The van der Waals surface area contributed by atoms with E-state index in [-0.39, 0.29) is 11.0 Å². The summed E-state index contributed by atoms with van der Waals surface area (Å²) in [6.45, 7) is 1.86. The molecule has 0 aliphatic heterocycles. The molecule has 2 N–H and O–H groups in total. The lowest BCUT2D eigenvalue weighted by Gasteiger charge is -2.11. The molecule has 0 unspecified atom stereocenters. The van der Waals surface area contributed by atoms with Gasteiger partial charge in [-0.1, -0.05) is 11.3 Å². The number of fused-ring (bicyclic) bond motifs is 1. The number of benzene rings is 2. The fourth-order valence-corrected chi connectivity index (χ4v) is 4.31. The molecule has 0 spiro atoms. The molecular weight excluding hydrogens is 488 g/mol. The van der Waals surface area contributed by atoms with E-state index in [2.05, 4.69) is 41.9 Å². The van der Waals surface area contributed by atoms with Crippen LogP contribution in [0.25, 0.3) is 15.5 Å². The van der Waals surface area contributed by atoms with E-state index in [1.54, 1.807) is 29.8 Å². The molecule has 0 saturated heterocycles. The van der Waals surface area contributed by atoms with Gasteiger partial charge in [-0.05, 0) is 77.5 Å². The van der Waals surface area contributed by atoms with E-state index in [9.17, 15) is 4.79 Å². The molecule has 2 aromatic heterocycles. The van der Waals surface area contributed by atoms with Crippen LogP contribution >= 0.6 is 39.5 Å². The first kappa shape index (κ1) is 20.4. The second kappa shape index (κ2) is 8.46. The van der Waals surface area contributed by atoms with Gasteiger partial charge in [-0.3, -0.25) is 10.1 Å². The molecule has 0 bridgehead atoms. The molecule has 0 aliphatic rings. The molecular formula is C19H15BrN6O2S2. The Morgan fingerprint density at radius 1 is 1.20 bits per heavy atom. The first-order valence-corrected chi connectivity index (χ1v) is 10.7. The lowest BCUT2D eigenvalue weighted by molar-refractivity contribution is 0.0977. The van der Waals surface area contributed by atoms with Crippen molar-refractivity contribution in [1.29, 1.82) is 0 Å². The molecule has 8 nitrogen and oxygen atoms in total. The third-order valence-corrected chi connectivity index (χ3v) is 5.95. The summed E-state index contributed by atoms with van der Waals surface area (Å²) in [6.07, 6.45) is 0. The lowest BCUT2D eigenvalue weighted by Crippen LogP contribution is -2.34. The van der Waals surface area contributed by atoms with Crippen LogP contribution in [0.3, 0.4) is 0 Å². The molecule has 11 heteroatoms. The summed E-state index contributed by atoms with van der Waals surface area (Å²) in [7, 11) is 1.56. The number of carbonyl (C=O) groups excluding carboxylic acids is 1. The number of nitrogens with one attached hydrogen (secondary N) is 2. The summed E-state index contributed by atoms with van der Waals surface area (Å²) in [5, 5.41) is 19.3. The van der Waals surface area contributed by atoms with Gasteiger partial charge >= 0.3 is 0 Å². The summed E-state index contributed by atoms with van der Waals surface area (Å²) in [5.41, 5.74) is 2.16. The smallest absolute Gasteiger partial charge is 0.257 e. The third-order valence-electron chi connectivity index (χ3n) is 4.18. The molecule has 1 amide bonds. The van der Waals surface area contributed by atoms with Gasteiger partial charge in [-0.2, -0.15) is 9.61 Å². The number of hydrogen-bond acceptors (Lipinski definition) is 7. The Bertz CT molecular complexity index is 1250. The predicted octanol–water partition coefficient (Wildman–Crippen LogP) is 4.06. The molecule has 0 atom stereocenters. The minimum absolute atomic E-state index is 0.203. The number of halogens is 1. The van der Waals surface area contributed by atoms with Gasteiger partial charge in [-0.25, -0.2) is 0 Å². The van der Waals surface area contributed by atoms with Crippen LogP contribution in [0.2, 0.25) is 0 Å². The van der Waals surface area contributed by atoms with Crippen LogP contribution in [0.4, 0.5) is 5.69 Å². The second-order valence-corrected chi connectivity index (χ2v) is 8.40. The Morgan fingerprint density at radius 2 is 1.97 bits per heavy atom. The highest BCUT2D eigenvalue weighted by atomic mass is 79.9. The molecule has 0 aliphatic carbocycles. The molecule has 4 aromatic rings. The SMILES string of the molecule is COc1ccc(C(=O)NC(=S)Nc2ccc(-c3nn4c(C)nnc4s3)cc2)cc1Br. The van der Waals surface area contributed by atoms with E-state index in [1.165, 1.54) is 11.3 Å². The number of anilines is 1. The Balaban J connectivity index is 1.40. The standard InChI is InChI=1S/C19H15BrN6O2S2/c1-10-23-24-19-26(10)25-17(30-19)11-3-6-13(7-4-11)21-18(29)22-16(27)12-5-8-15(28-2)14(20)9-12/h3-9H,1-2H3,(H2,21,22,27,29). The van der Waals surface area contributed by atoms with Crippen molar-refractivity contribution in [2.24, 2.45) is 0 Å². The van der Waals surface area contributed by atoms with Crippen molar-refractivity contribution in [2.45, 2.75) is 6.92 Å². The average Bonchev–Trinajstić information content (AvgIpc) is 3.30. The molecule has 30 heavy (non-hydrogen) atoms. The van der Waals surface area contributed by atoms with Crippen molar-refractivity contribution >= 4 is 61.2 Å². The van der Waals surface area contributed by atoms with E-state index >= 15 is 0 Å². The van der Waals surface area contributed by atoms with Crippen molar-refractivity contribution in [1.82, 2.24) is 25.1 Å². The summed E-state index contributed by atoms with van der Waals surface area (Å²) in [5.74, 6) is 1.07. The molecule has 0 radical (unpaired) electrons. The summed E-state index contributed by atoms with van der Waals surface area (Å²) >= 11 is 10.1. The number of rotatable bonds is 4. The van der Waals surface area contributed by atoms with Gasteiger partial charge in [0.25, 0.3) is 5.91 Å². The maximum atomic E-state index is 12.4. The number of aromatic nitrogens is 4. The first-order chi connectivity index (χ1) is 14.4. The minimum Gasteiger partial charge on any atom is -0.496 e. The number of aryl methyl sites for hydroxylation is 1. The van der Waals surface area contributed by atoms with Crippen molar-refractivity contribution in [3.63, 3.8) is 0 Å². The van der Waals surface area contributed by atoms with Crippen LogP contribution in [-0.4, -0.2) is 37.9 Å². The van der Waals surface area contributed by atoms with Crippen LogP contribution in [0.15, 0.2) is 46.9 Å². The Labute approximate surface area is 189 Å². The van der Waals surface area contributed by atoms with Gasteiger partial charge in [0.1, 0.15) is 10.8 Å². The number of methoxy groups -OCH3 is 1. The van der Waals surface area contributed by atoms with Gasteiger partial charge in [0.05, 0.1) is 11.6 Å². The Morgan fingerprint density at radius 3 is 2.63 bits per heavy atom. The molecule has 152 valence electrons. The topological polar surface area (TPSA) is 93.4 Å². The van der Waals surface area contributed by atoms with E-state index < -0.39 is 0 Å². The molecule has 4 rings (SSSR count). The van der Waals surface area contributed by atoms with Gasteiger partial charge in [0.2, 0.25) is 4.96 Å². The molecule has 0 fully saturated rings. The minimum atomic E-state index is -0.317. The fraction of sp³-hybridized carbons (Fsp3) is 0.105. The number of amides is 1. The lowest BCUT2D eigenvalue weighted by atomic mass is 10.2. The van der Waals surface area contributed by atoms with Gasteiger partial charge in [0.15, 0.2) is 10.9 Å². The monoisotopic (exact) mass is 502 g/mol. The third kappa shape index (κ3) is 4.18. The highest BCUT2D eigenvalue weighted by Crippen LogP contribution is 2.27. The van der Waals surface area contributed by atoms with Gasteiger partial charge in [0, 0.05) is 16.8 Å². The van der Waals surface area contributed by atoms with Crippen LogP contribution in [-0.2, 0) is 0 Å². The quantitative estimate of drug-likeness (QED) is 0.406. The molecule has 2 aromatic carbocycles. The normalized spacial score (nSPS) is 10.8. The highest BCUT2D eigenvalue weighted by molar-refractivity contribution is 9.10. The zero-order valence-corrected chi connectivity index (χ0v) is 19.1. The van der Waals surface area contributed by atoms with Crippen LogP contribution in [0.5, 0.6) is 5.75 Å². The van der Waals surface area contributed by atoms with E-state index in [4.69, 9.17) is 17.0 Å². The molecule has 0 saturated carbocycles.